The second kappa shape index (κ2) is 6.77. The molecule has 0 spiro atoms. The number of halogens is 1. The largest absolute Gasteiger partial charge is 0.493 e. The van der Waals surface area contributed by atoms with Gasteiger partial charge in [0.15, 0.2) is 5.16 Å². The molecule has 0 bridgehead atoms. The molecule has 0 aliphatic rings. The van der Waals surface area contributed by atoms with Crippen molar-refractivity contribution in [1.82, 2.24) is 19.7 Å². The SMILES string of the molecule is CCc1cn(C)nc1CSc1nc(C)cc(O)n1.Cl. The lowest BCUT2D eigenvalue weighted by atomic mass is 10.2. The second-order valence-corrected chi connectivity index (χ2v) is 5.01. The highest BCUT2D eigenvalue weighted by molar-refractivity contribution is 7.98. The minimum Gasteiger partial charge on any atom is -0.493 e. The molecule has 2 aromatic heterocycles. The second-order valence-electron chi connectivity index (χ2n) is 4.07. The quantitative estimate of drug-likeness (QED) is 0.694. The Bertz CT molecular complexity index is 538. The van der Waals surface area contributed by atoms with Crippen LogP contribution < -0.4 is 0 Å². The number of aromatic hydroxyl groups is 1. The summed E-state index contributed by atoms with van der Waals surface area (Å²) in [7, 11) is 1.92. The van der Waals surface area contributed by atoms with E-state index in [1.807, 2.05) is 24.9 Å². The molecule has 0 saturated heterocycles. The molecule has 0 atom stereocenters. The van der Waals surface area contributed by atoms with Gasteiger partial charge in [0.2, 0.25) is 5.88 Å². The van der Waals surface area contributed by atoms with Crippen molar-refractivity contribution in [2.24, 2.45) is 7.05 Å². The van der Waals surface area contributed by atoms with Crippen LogP contribution in [0.1, 0.15) is 23.9 Å². The molecule has 0 saturated carbocycles. The van der Waals surface area contributed by atoms with E-state index in [1.54, 1.807) is 6.07 Å². The van der Waals surface area contributed by atoms with Gasteiger partial charge < -0.3 is 5.11 Å². The molecule has 19 heavy (non-hydrogen) atoms. The third kappa shape index (κ3) is 4.11. The normalized spacial score (nSPS) is 10.3. The Hall–Kier alpha value is -1.27. The number of aromatic nitrogens is 4. The van der Waals surface area contributed by atoms with Crippen LogP contribution >= 0.6 is 24.2 Å². The van der Waals surface area contributed by atoms with E-state index in [4.69, 9.17) is 0 Å². The zero-order valence-corrected chi connectivity index (χ0v) is 12.8. The highest BCUT2D eigenvalue weighted by Crippen LogP contribution is 2.22. The van der Waals surface area contributed by atoms with Crippen molar-refractivity contribution in [2.75, 3.05) is 0 Å². The first-order chi connectivity index (χ1) is 8.58. The average molecular weight is 301 g/mol. The summed E-state index contributed by atoms with van der Waals surface area (Å²) in [5, 5.41) is 14.4. The average Bonchev–Trinajstić information content (AvgIpc) is 2.66. The van der Waals surface area contributed by atoms with E-state index < -0.39 is 0 Å². The lowest BCUT2D eigenvalue weighted by Crippen LogP contribution is -1.93. The van der Waals surface area contributed by atoms with Crippen LogP contribution in [-0.2, 0) is 19.2 Å². The maximum atomic E-state index is 9.41. The van der Waals surface area contributed by atoms with Gasteiger partial charge in [-0.25, -0.2) is 4.98 Å². The van der Waals surface area contributed by atoms with Crippen LogP contribution in [-0.4, -0.2) is 24.9 Å². The van der Waals surface area contributed by atoms with E-state index in [1.165, 1.54) is 17.3 Å². The van der Waals surface area contributed by atoms with Crippen LogP contribution in [0.3, 0.4) is 0 Å². The number of hydrogen-bond acceptors (Lipinski definition) is 5. The molecule has 2 rings (SSSR count). The molecule has 1 N–H and O–H groups in total. The summed E-state index contributed by atoms with van der Waals surface area (Å²) in [5.41, 5.74) is 3.05. The highest BCUT2D eigenvalue weighted by Gasteiger charge is 2.08. The van der Waals surface area contributed by atoms with E-state index in [0.717, 1.165) is 17.8 Å². The zero-order valence-electron chi connectivity index (χ0n) is 11.1. The number of rotatable bonds is 4. The van der Waals surface area contributed by atoms with Crippen molar-refractivity contribution >= 4 is 24.2 Å². The summed E-state index contributed by atoms with van der Waals surface area (Å²) in [5.74, 6) is 0.731. The summed E-state index contributed by atoms with van der Waals surface area (Å²) in [6.45, 7) is 3.95. The summed E-state index contributed by atoms with van der Waals surface area (Å²) in [4.78, 5) is 8.25. The predicted molar refractivity (Wildman–Crippen MR) is 77.8 cm³/mol. The van der Waals surface area contributed by atoms with E-state index in [2.05, 4.69) is 22.0 Å². The maximum Gasteiger partial charge on any atom is 0.215 e. The molecule has 0 aliphatic heterocycles. The number of aryl methyl sites for hydroxylation is 3. The van der Waals surface area contributed by atoms with Gasteiger partial charge in [0.25, 0.3) is 0 Å². The Morgan fingerprint density at radius 3 is 2.74 bits per heavy atom. The Balaban J connectivity index is 0.00000180. The van der Waals surface area contributed by atoms with E-state index in [9.17, 15) is 5.11 Å². The molecule has 0 aromatic carbocycles. The van der Waals surface area contributed by atoms with Gasteiger partial charge in [-0.15, -0.1) is 12.4 Å². The van der Waals surface area contributed by atoms with Crippen LogP contribution in [0.25, 0.3) is 0 Å². The lowest BCUT2D eigenvalue weighted by Gasteiger charge is -2.01. The molecule has 2 aromatic rings. The standard InChI is InChI=1S/C12H16N4OS.ClH/c1-4-9-6-16(3)15-10(9)7-18-12-13-8(2)5-11(17)14-12;/h5-6H,4,7H2,1-3H3,(H,13,14,17);1H. The molecule has 7 heteroatoms. The lowest BCUT2D eigenvalue weighted by molar-refractivity contribution is 0.444. The van der Waals surface area contributed by atoms with Crippen molar-refractivity contribution in [1.29, 1.82) is 0 Å². The summed E-state index contributed by atoms with van der Waals surface area (Å²) in [6.07, 6.45) is 2.99. The van der Waals surface area contributed by atoms with E-state index in [-0.39, 0.29) is 18.3 Å². The molecule has 2 heterocycles. The Labute approximate surface area is 122 Å². The van der Waals surface area contributed by atoms with E-state index in [0.29, 0.717) is 10.9 Å². The fraction of sp³-hybridized carbons (Fsp3) is 0.417. The fourth-order valence-electron chi connectivity index (χ4n) is 1.72. The monoisotopic (exact) mass is 300 g/mol. The summed E-state index contributed by atoms with van der Waals surface area (Å²) < 4.78 is 1.82. The molecule has 0 unspecified atom stereocenters. The molecule has 0 fully saturated rings. The van der Waals surface area contributed by atoms with Crippen LogP contribution in [0.4, 0.5) is 0 Å². The summed E-state index contributed by atoms with van der Waals surface area (Å²) >= 11 is 1.49. The van der Waals surface area contributed by atoms with Crippen molar-refractivity contribution in [3.63, 3.8) is 0 Å². The van der Waals surface area contributed by atoms with Crippen molar-refractivity contribution < 1.29 is 5.11 Å². The number of thioether (sulfide) groups is 1. The van der Waals surface area contributed by atoms with Crippen molar-refractivity contribution in [2.45, 2.75) is 31.2 Å². The van der Waals surface area contributed by atoms with Gasteiger partial charge in [-0.3, -0.25) is 4.68 Å². The maximum absolute atomic E-state index is 9.41. The molecule has 104 valence electrons. The van der Waals surface area contributed by atoms with Crippen LogP contribution in [0.15, 0.2) is 17.4 Å². The van der Waals surface area contributed by atoms with Gasteiger partial charge in [0, 0.05) is 30.8 Å². The number of hydrogen-bond donors (Lipinski definition) is 1. The third-order valence-corrected chi connectivity index (χ3v) is 3.39. The Morgan fingerprint density at radius 2 is 2.11 bits per heavy atom. The molecule has 0 aliphatic carbocycles. The zero-order chi connectivity index (χ0) is 13.1. The van der Waals surface area contributed by atoms with E-state index >= 15 is 0 Å². The van der Waals surface area contributed by atoms with Crippen LogP contribution in [0.5, 0.6) is 5.88 Å². The van der Waals surface area contributed by atoms with Gasteiger partial charge in [-0.2, -0.15) is 10.1 Å². The van der Waals surface area contributed by atoms with Crippen LogP contribution in [0.2, 0.25) is 0 Å². The topological polar surface area (TPSA) is 63.8 Å². The first-order valence-electron chi connectivity index (χ1n) is 5.77. The number of nitrogens with zero attached hydrogens (tertiary/aromatic N) is 4. The molecule has 0 amide bonds. The molecular formula is C12H17ClN4OS. The highest BCUT2D eigenvalue weighted by atomic mass is 35.5. The first-order valence-corrected chi connectivity index (χ1v) is 6.76. The van der Waals surface area contributed by atoms with Crippen molar-refractivity contribution in [3.8, 4) is 5.88 Å². The van der Waals surface area contributed by atoms with Gasteiger partial charge in [0.05, 0.1) is 5.69 Å². The summed E-state index contributed by atoms with van der Waals surface area (Å²) in [6, 6.07) is 1.54. The minimum atomic E-state index is 0. The van der Waals surface area contributed by atoms with Gasteiger partial charge >= 0.3 is 0 Å². The Morgan fingerprint density at radius 1 is 1.37 bits per heavy atom. The predicted octanol–water partition coefficient (Wildman–Crippen LogP) is 2.50. The molecule has 0 radical (unpaired) electrons. The van der Waals surface area contributed by atoms with Gasteiger partial charge in [-0.1, -0.05) is 18.7 Å². The molecular weight excluding hydrogens is 284 g/mol. The smallest absolute Gasteiger partial charge is 0.215 e. The van der Waals surface area contributed by atoms with Gasteiger partial charge in [-0.05, 0) is 18.9 Å². The first kappa shape index (κ1) is 15.8. The minimum absolute atomic E-state index is 0. The van der Waals surface area contributed by atoms with Crippen LogP contribution in [0, 0.1) is 6.92 Å². The van der Waals surface area contributed by atoms with Crippen molar-refractivity contribution in [3.05, 3.63) is 29.2 Å². The third-order valence-electron chi connectivity index (χ3n) is 2.53. The molecule has 5 nitrogen and oxygen atoms in total. The fourth-order valence-corrected chi connectivity index (χ4v) is 2.60. The van der Waals surface area contributed by atoms with Gasteiger partial charge in [0.1, 0.15) is 0 Å². The Kier molecular flexibility index (Phi) is 5.62.